The van der Waals surface area contributed by atoms with Crippen molar-refractivity contribution < 1.29 is 13.6 Å². The van der Waals surface area contributed by atoms with Gasteiger partial charge < -0.3 is 4.90 Å². The number of benzene rings is 2. The van der Waals surface area contributed by atoms with Gasteiger partial charge in [-0.2, -0.15) is 5.10 Å². The molecular weight excluding hydrogens is 414 g/mol. The topological polar surface area (TPSA) is 69.3 Å². The fourth-order valence-corrected chi connectivity index (χ4v) is 4.60. The zero-order valence-electron chi connectivity index (χ0n) is 17.6. The summed E-state index contributed by atoms with van der Waals surface area (Å²) >= 11 is 0. The molecule has 0 bridgehead atoms. The Bertz CT molecular complexity index is 1210. The summed E-state index contributed by atoms with van der Waals surface area (Å²) in [5.41, 5.74) is 1.17. The minimum atomic E-state index is -0.727. The van der Waals surface area contributed by atoms with Crippen molar-refractivity contribution in [2.45, 2.75) is 31.5 Å². The number of carbonyl (C=O) groups excluding carboxylic acids is 1. The van der Waals surface area contributed by atoms with E-state index in [-0.39, 0.29) is 23.1 Å². The zero-order chi connectivity index (χ0) is 22.2. The number of likely N-dealkylation sites (tertiary alicyclic amines) is 2. The van der Waals surface area contributed by atoms with E-state index in [2.05, 4.69) is 15.1 Å². The van der Waals surface area contributed by atoms with Crippen molar-refractivity contribution >= 4 is 16.7 Å². The molecule has 3 aromatic rings. The Hall–Kier alpha value is -3.13. The second kappa shape index (κ2) is 8.43. The molecular formula is C24H24F2N4O2. The lowest BCUT2D eigenvalue weighted by molar-refractivity contribution is 0.0111. The van der Waals surface area contributed by atoms with Crippen molar-refractivity contribution in [3.63, 3.8) is 0 Å². The molecule has 1 amide bonds. The number of nitrogens with zero attached hydrogens (tertiary/aromatic N) is 3. The Labute approximate surface area is 183 Å². The van der Waals surface area contributed by atoms with Gasteiger partial charge in [-0.25, -0.2) is 13.9 Å². The van der Waals surface area contributed by atoms with Crippen LogP contribution in [-0.2, 0) is 6.42 Å². The summed E-state index contributed by atoms with van der Waals surface area (Å²) in [7, 11) is 0. The molecule has 6 nitrogen and oxygen atoms in total. The Morgan fingerprint density at radius 3 is 2.56 bits per heavy atom. The van der Waals surface area contributed by atoms with Gasteiger partial charge in [0.05, 0.1) is 16.6 Å². The minimum absolute atomic E-state index is 0.0390. The average molecular weight is 438 g/mol. The van der Waals surface area contributed by atoms with E-state index >= 15 is 0 Å². The van der Waals surface area contributed by atoms with Gasteiger partial charge in [0.25, 0.3) is 11.5 Å². The number of nitrogens with one attached hydrogen (secondary N) is 1. The van der Waals surface area contributed by atoms with E-state index in [0.29, 0.717) is 56.5 Å². The molecule has 2 aliphatic heterocycles. The third-order valence-corrected chi connectivity index (χ3v) is 6.53. The van der Waals surface area contributed by atoms with E-state index < -0.39 is 12.0 Å². The number of amides is 1. The second-order valence-corrected chi connectivity index (χ2v) is 8.61. The molecule has 2 aromatic carbocycles. The summed E-state index contributed by atoms with van der Waals surface area (Å²) in [6.45, 7) is 2.48. The SMILES string of the molecule is O=C(c1cc(Cc2n[nH]c(=O)c3ccccc23)ccc1F)N1CC(N2CCC(F)CC2)C1. The third kappa shape index (κ3) is 3.90. The van der Waals surface area contributed by atoms with E-state index in [9.17, 15) is 18.4 Å². The maximum Gasteiger partial charge on any atom is 0.272 e. The first-order valence-electron chi connectivity index (χ1n) is 10.9. The number of aromatic amines is 1. The highest BCUT2D eigenvalue weighted by molar-refractivity contribution is 5.95. The predicted molar refractivity (Wildman–Crippen MR) is 117 cm³/mol. The van der Waals surface area contributed by atoms with Crippen molar-refractivity contribution in [3.05, 3.63) is 75.5 Å². The summed E-state index contributed by atoms with van der Waals surface area (Å²) in [5, 5.41) is 7.95. The molecule has 0 aliphatic carbocycles. The molecule has 1 aromatic heterocycles. The van der Waals surface area contributed by atoms with Crippen LogP contribution in [0.4, 0.5) is 8.78 Å². The van der Waals surface area contributed by atoms with Crippen LogP contribution in [0.25, 0.3) is 10.8 Å². The average Bonchev–Trinajstić information content (AvgIpc) is 2.77. The molecule has 0 unspecified atom stereocenters. The van der Waals surface area contributed by atoms with Crippen LogP contribution in [0.15, 0.2) is 47.3 Å². The molecule has 0 saturated carbocycles. The molecule has 2 fully saturated rings. The first-order chi connectivity index (χ1) is 15.5. The first kappa shape index (κ1) is 20.8. The van der Waals surface area contributed by atoms with E-state index in [4.69, 9.17) is 0 Å². The zero-order valence-corrected chi connectivity index (χ0v) is 17.6. The standard InChI is InChI=1S/C24H24F2N4O2/c25-16-7-9-29(10-8-16)17-13-30(14-17)24(32)20-11-15(5-6-21(20)26)12-22-18-3-1-2-4-19(18)23(31)28-27-22/h1-6,11,16-17H,7-10,12-14H2,(H,28,31). The van der Waals surface area contributed by atoms with Crippen molar-refractivity contribution in [1.82, 2.24) is 20.0 Å². The van der Waals surface area contributed by atoms with E-state index in [1.165, 1.54) is 6.07 Å². The van der Waals surface area contributed by atoms with Gasteiger partial charge in [-0.05, 0) is 36.6 Å². The predicted octanol–water partition coefficient (Wildman–Crippen LogP) is 2.91. The Balaban J connectivity index is 1.31. The number of halogens is 2. The number of aromatic nitrogens is 2. The number of carbonyl (C=O) groups is 1. The van der Waals surface area contributed by atoms with Crippen LogP contribution in [0.1, 0.15) is 34.5 Å². The number of H-pyrrole nitrogens is 1. The van der Waals surface area contributed by atoms with Gasteiger partial charge in [-0.3, -0.25) is 14.5 Å². The maximum atomic E-state index is 14.5. The summed E-state index contributed by atoms with van der Waals surface area (Å²) < 4.78 is 27.9. The molecule has 5 rings (SSSR count). The van der Waals surface area contributed by atoms with Crippen LogP contribution in [0, 0.1) is 5.82 Å². The van der Waals surface area contributed by atoms with Gasteiger partial charge in [0.2, 0.25) is 0 Å². The van der Waals surface area contributed by atoms with Gasteiger partial charge in [-0.15, -0.1) is 0 Å². The van der Waals surface area contributed by atoms with E-state index in [0.717, 1.165) is 10.9 Å². The quantitative estimate of drug-likeness (QED) is 0.680. The number of rotatable bonds is 4. The molecule has 166 valence electrons. The summed E-state index contributed by atoms with van der Waals surface area (Å²) in [6.07, 6.45) is 0.705. The molecule has 2 saturated heterocycles. The second-order valence-electron chi connectivity index (χ2n) is 8.61. The monoisotopic (exact) mass is 438 g/mol. The van der Waals surface area contributed by atoms with Gasteiger partial charge in [0, 0.05) is 44.0 Å². The highest BCUT2D eigenvalue weighted by Gasteiger charge is 2.37. The van der Waals surface area contributed by atoms with Crippen molar-refractivity contribution in [2.75, 3.05) is 26.2 Å². The van der Waals surface area contributed by atoms with Gasteiger partial charge >= 0.3 is 0 Å². The smallest absolute Gasteiger partial charge is 0.272 e. The highest BCUT2D eigenvalue weighted by atomic mass is 19.1. The first-order valence-corrected chi connectivity index (χ1v) is 10.9. The van der Waals surface area contributed by atoms with Gasteiger partial charge in [0.1, 0.15) is 12.0 Å². The van der Waals surface area contributed by atoms with Crippen LogP contribution in [0.5, 0.6) is 0 Å². The lowest BCUT2D eigenvalue weighted by Gasteiger charge is -2.47. The summed E-state index contributed by atoms with van der Waals surface area (Å²) in [6, 6.07) is 11.9. The lowest BCUT2D eigenvalue weighted by Crippen LogP contribution is -2.62. The van der Waals surface area contributed by atoms with Crippen LogP contribution in [0.3, 0.4) is 0 Å². The Morgan fingerprint density at radius 2 is 1.81 bits per heavy atom. The third-order valence-electron chi connectivity index (χ3n) is 6.53. The molecule has 2 aliphatic rings. The van der Waals surface area contributed by atoms with Crippen LogP contribution in [-0.4, -0.2) is 64.3 Å². The summed E-state index contributed by atoms with van der Waals surface area (Å²) in [5.74, 6) is -0.889. The number of hydrogen-bond acceptors (Lipinski definition) is 4. The largest absolute Gasteiger partial charge is 0.335 e. The Morgan fingerprint density at radius 1 is 1.09 bits per heavy atom. The molecule has 3 heterocycles. The fourth-order valence-electron chi connectivity index (χ4n) is 4.60. The van der Waals surface area contributed by atoms with Crippen molar-refractivity contribution in [3.8, 4) is 0 Å². The molecule has 0 spiro atoms. The molecule has 8 heteroatoms. The van der Waals surface area contributed by atoms with Crippen LogP contribution in [0.2, 0.25) is 0 Å². The maximum absolute atomic E-state index is 14.5. The van der Waals surface area contributed by atoms with Crippen molar-refractivity contribution in [2.24, 2.45) is 0 Å². The Kier molecular flexibility index (Phi) is 5.46. The number of fused-ring (bicyclic) bond motifs is 1. The van der Waals surface area contributed by atoms with E-state index in [1.807, 2.05) is 12.1 Å². The van der Waals surface area contributed by atoms with Crippen LogP contribution < -0.4 is 5.56 Å². The van der Waals surface area contributed by atoms with Crippen LogP contribution >= 0.6 is 0 Å². The lowest BCUT2D eigenvalue weighted by atomic mass is 9.99. The number of alkyl halides is 1. The summed E-state index contributed by atoms with van der Waals surface area (Å²) in [4.78, 5) is 28.8. The van der Waals surface area contributed by atoms with Gasteiger partial charge in [0.15, 0.2) is 0 Å². The van der Waals surface area contributed by atoms with E-state index in [1.54, 1.807) is 29.2 Å². The normalized spacial score (nSPS) is 18.1. The highest BCUT2D eigenvalue weighted by Crippen LogP contribution is 2.25. The molecule has 0 radical (unpaired) electrons. The molecule has 0 atom stereocenters. The van der Waals surface area contributed by atoms with Crippen molar-refractivity contribution in [1.29, 1.82) is 0 Å². The molecule has 1 N–H and O–H groups in total. The minimum Gasteiger partial charge on any atom is -0.335 e. The number of hydrogen-bond donors (Lipinski definition) is 1. The number of piperidine rings is 1. The van der Waals surface area contributed by atoms with Gasteiger partial charge in [-0.1, -0.05) is 24.3 Å². The molecule has 32 heavy (non-hydrogen) atoms. The fraction of sp³-hybridized carbons (Fsp3) is 0.375.